The predicted molar refractivity (Wildman–Crippen MR) is 297 cm³/mol. The van der Waals surface area contributed by atoms with Gasteiger partial charge in [0.2, 0.25) is 0 Å². The first-order valence-corrected chi connectivity index (χ1v) is 27.3. The third-order valence-electron chi connectivity index (χ3n) is 10.8. The number of carbonyl (C=O) groups is 3. The molecule has 0 amide bonds. The van der Waals surface area contributed by atoms with E-state index < -0.39 is 12.1 Å². The summed E-state index contributed by atoms with van der Waals surface area (Å²) in [6, 6.07) is 0. The van der Waals surface area contributed by atoms with E-state index in [9.17, 15) is 14.4 Å². The molecule has 386 valence electrons. The van der Waals surface area contributed by atoms with Gasteiger partial charge in [-0.05, 0) is 135 Å². The number of carbonyl (C=O) groups excluding carboxylic acids is 3. The highest BCUT2D eigenvalue weighted by molar-refractivity contribution is 5.71. The Bertz CT molecular complexity index is 1560. The minimum atomic E-state index is -0.846. The van der Waals surface area contributed by atoms with E-state index in [-0.39, 0.29) is 38.0 Å². The highest BCUT2D eigenvalue weighted by Gasteiger charge is 2.19. The van der Waals surface area contributed by atoms with E-state index in [1.165, 1.54) is 51.4 Å². The number of hydrogen-bond acceptors (Lipinski definition) is 6. The van der Waals surface area contributed by atoms with E-state index in [1.807, 2.05) is 0 Å². The first kappa shape index (κ1) is 64.3. The van der Waals surface area contributed by atoms with Crippen LogP contribution in [-0.4, -0.2) is 37.2 Å². The molecule has 0 aliphatic carbocycles. The second kappa shape index (κ2) is 55.9. The van der Waals surface area contributed by atoms with Crippen LogP contribution < -0.4 is 0 Å². The van der Waals surface area contributed by atoms with Crippen LogP contribution in [0.5, 0.6) is 0 Å². The van der Waals surface area contributed by atoms with Crippen molar-refractivity contribution in [3.05, 3.63) is 146 Å². The molecule has 0 spiro atoms. The molecule has 0 aromatic heterocycles. The number of esters is 3. The summed E-state index contributed by atoms with van der Waals surface area (Å²) in [6.45, 7) is 6.33. The van der Waals surface area contributed by atoms with Crippen molar-refractivity contribution in [2.45, 2.75) is 219 Å². The fraction of sp³-hybridized carbons (Fsp3) is 0.571. The highest BCUT2D eigenvalue weighted by Crippen LogP contribution is 2.10. The SMILES string of the molecule is CC/C=C\C/C=C\C/C=C\C/C=C\CCCCCCC(=O)OC[C@H](COC(=O)CCC/C=C\C/C=C\C/C=C\C/C=C\CCCCC)OC(=O)CCC/C=C\C/C=C\C/C=C\C/C=C\CCCCC. The summed E-state index contributed by atoms with van der Waals surface area (Å²) < 4.78 is 16.7. The molecule has 0 heterocycles. The predicted octanol–water partition coefficient (Wildman–Crippen LogP) is 18.4. The fourth-order valence-electron chi connectivity index (χ4n) is 6.71. The molecule has 6 nitrogen and oxygen atoms in total. The lowest BCUT2D eigenvalue weighted by atomic mass is 10.1. The van der Waals surface area contributed by atoms with Crippen LogP contribution in [0.4, 0.5) is 0 Å². The Labute approximate surface area is 423 Å². The molecule has 0 aromatic carbocycles. The van der Waals surface area contributed by atoms with Crippen LogP contribution in [0.15, 0.2) is 146 Å². The molecular weight excluding hydrogens is 853 g/mol. The maximum atomic E-state index is 12.8. The third kappa shape index (κ3) is 54.1. The molecule has 0 radical (unpaired) electrons. The number of ether oxygens (including phenoxy) is 3. The van der Waals surface area contributed by atoms with Gasteiger partial charge < -0.3 is 14.2 Å². The molecule has 69 heavy (non-hydrogen) atoms. The second-order valence-electron chi connectivity index (χ2n) is 17.4. The molecular formula is C63H98O6. The standard InChI is InChI=1S/C63H98O6/c1-4-7-10-13-16-19-22-25-28-31-34-37-40-43-46-49-52-55-61(64)67-58-60(69-63(66)57-54-51-48-45-42-39-36-33-30-27-24-21-18-15-12-9-6-3)59-68-62(65)56-53-50-47-44-41-38-35-32-29-26-23-20-17-14-11-8-5-2/h7,10,16-21,25-30,34-39,44-45,47-48,60H,4-6,8-9,11-15,22-24,31-33,40-43,46,49-59H2,1-3H3/b10-7-,19-16-,20-17-,21-18-,28-25-,29-26-,30-27-,37-34-,38-35-,39-36-,47-44-,48-45-/t60-/m1/s1. The van der Waals surface area contributed by atoms with Gasteiger partial charge in [0.05, 0.1) is 0 Å². The van der Waals surface area contributed by atoms with Crippen molar-refractivity contribution in [2.75, 3.05) is 13.2 Å². The lowest BCUT2D eigenvalue weighted by Gasteiger charge is -2.18. The Morgan fingerprint density at radius 1 is 0.304 bits per heavy atom. The molecule has 0 fully saturated rings. The van der Waals surface area contributed by atoms with Gasteiger partial charge in [-0.3, -0.25) is 14.4 Å². The second-order valence-corrected chi connectivity index (χ2v) is 17.4. The Morgan fingerprint density at radius 3 is 0.928 bits per heavy atom. The van der Waals surface area contributed by atoms with Gasteiger partial charge in [-0.15, -0.1) is 0 Å². The zero-order valence-corrected chi connectivity index (χ0v) is 44.0. The van der Waals surface area contributed by atoms with E-state index in [1.54, 1.807) is 0 Å². The fourth-order valence-corrected chi connectivity index (χ4v) is 6.71. The zero-order valence-electron chi connectivity index (χ0n) is 44.0. The van der Waals surface area contributed by atoms with Gasteiger partial charge in [0.1, 0.15) is 13.2 Å². The zero-order chi connectivity index (χ0) is 50.0. The van der Waals surface area contributed by atoms with E-state index in [0.717, 1.165) is 109 Å². The summed E-state index contributed by atoms with van der Waals surface area (Å²) in [7, 11) is 0. The van der Waals surface area contributed by atoms with Crippen molar-refractivity contribution in [1.82, 2.24) is 0 Å². The van der Waals surface area contributed by atoms with Gasteiger partial charge in [-0.2, -0.15) is 0 Å². The maximum Gasteiger partial charge on any atom is 0.306 e. The van der Waals surface area contributed by atoms with E-state index >= 15 is 0 Å². The van der Waals surface area contributed by atoms with Crippen LogP contribution >= 0.6 is 0 Å². The Morgan fingerprint density at radius 2 is 0.580 bits per heavy atom. The Hall–Kier alpha value is -4.71. The van der Waals surface area contributed by atoms with Crippen molar-refractivity contribution in [3.63, 3.8) is 0 Å². The van der Waals surface area contributed by atoms with E-state index in [4.69, 9.17) is 14.2 Å². The Kier molecular flexibility index (Phi) is 52.1. The van der Waals surface area contributed by atoms with E-state index in [2.05, 4.69) is 167 Å². The van der Waals surface area contributed by atoms with Crippen molar-refractivity contribution < 1.29 is 28.6 Å². The number of rotatable bonds is 47. The van der Waals surface area contributed by atoms with Crippen molar-refractivity contribution in [3.8, 4) is 0 Å². The number of hydrogen-bond donors (Lipinski definition) is 0. The van der Waals surface area contributed by atoms with Gasteiger partial charge in [-0.25, -0.2) is 0 Å². The lowest BCUT2D eigenvalue weighted by molar-refractivity contribution is -0.167. The van der Waals surface area contributed by atoms with Gasteiger partial charge in [0.25, 0.3) is 0 Å². The van der Waals surface area contributed by atoms with Crippen LogP contribution in [0.1, 0.15) is 213 Å². The number of unbranched alkanes of at least 4 members (excludes halogenated alkanes) is 12. The lowest BCUT2D eigenvalue weighted by Crippen LogP contribution is -2.30. The van der Waals surface area contributed by atoms with Crippen molar-refractivity contribution >= 4 is 17.9 Å². The summed E-state index contributed by atoms with van der Waals surface area (Å²) in [5.74, 6) is -1.08. The molecule has 0 rings (SSSR count). The molecule has 0 N–H and O–H groups in total. The number of allylic oxidation sites excluding steroid dienone is 24. The normalized spacial score (nSPS) is 13.3. The topological polar surface area (TPSA) is 78.9 Å². The van der Waals surface area contributed by atoms with E-state index in [0.29, 0.717) is 19.3 Å². The summed E-state index contributed by atoms with van der Waals surface area (Å²) >= 11 is 0. The van der Waals surface area contributed by atoms with Crippen LogP contribution in [0, 0.1) is 0 Å². The molecule has 0 aliphatic heterocycles. The summed E-state index contributed by atoms with van der Waals surface area (Å²) in [5.41, 5.74) is 0. The monoisotopic (exact) mass is 951 g/mol. The molecule has 0 aliphatic rings. The first-order chi connectivity index (χ1) is 34.0. The van der Waals surface area contributed by atoms with Crippen LogP contribution in [0.25, 0.3) is 0 Å². The summed E-state index contributed by atoms with van der Waals surface area (Å²) in [5, 5.41) is 0. The highest BCUT2D eigenvalue weighted by atomic mass is 16.6. The van der Waals surface area contributed by atoms with Gasteiger partial charge >= 0.3 is 17.9 Å². The Balaban J connectivity index is 4.64. The third-order valence-corrected chi connectivity index (χ3v) is 10.8. The molecule has 1 atom stereocenters. The molecule has 0 saturated carbocycles. The molecule has 0 aromatic rings. The minimum absolute atomic E-state index is 0.136. The quantitative estimate of drug-likeness (QED) is 0.0262. The molecule has 0 bridgehead atoms. The molecule has 6 heteroatoms. The van der Waals surface area contributed by atoms with Crippen LogP contribution in [-0.2, 0) is 28.6 Å². The minimum Gasteiger partial charge on any atom is -0.462 e. The van der Waals surface area contributed by atoms with Gasteiger partial charge in [0, 0.05) is 19.3 Å². The summed E-state index contributed by atoms with van der Waals surface area (Å²) in [6.07, 6.45) is 79.8. The summed E-state index contributed by atoms with van der Waals surface area (Å²) in [4.78, 5) is 38.1. The first-order valence-electron chi connectivity index (χ1n) is 27.3. The van der Waals surface area contributed by atoms with Crippen molar-refractivity contribution in [1.29, 1.82) is 0 Å². The van der Waals surface area contributed by atoms with Crippen LogP contribution in [0.3, 0.4) is 0 Å². The average molecular weight is 951 g/mol. The smallest absolute Gasteiger partial charge is 0.306 e. The van der Waals surface area contributed by atoms with Gasteiger partial charge in [0.15, 0.2) is 6.10 Å². The van der Waals surface area contributed by atoms with Crippen LogP contribution in [0.2, 0.25) is 0 Å². The van der Waals surface area contributed by atoms with Crippen molar-refractivity contribution in [2.24, 2.45) is 0 Å². The van der Waals surface area contributed by atoms with Gasteiger partial charge in [-0.1, -0.05) is 205 Å². The average Bonchev–Trinajstić information content (AvgIpc) is 3.35. The maximum absolute atomic E-state index is 12.8. The molecule has 0 saturated heterocycles. The largest absolute Gasteiger partial charge is 0.462 e. The molecule has 0 unspecified atom stereocenters.